The summed E-state index contributed by atoms with van der Waals surface area (Å²) in [5, 5.41) is 8.94. The lowest BCUT2D eigenvalue weighted by Gasteiger charge is -2.21. The molecule has 0 amide bonds. The molecular weight excluding hydrogens is 380 g/mol. The van der Waals surface area contributed by atoms with Crippen molar-refractivity contribution < 1.29 is 38.3 Å². The Morgan fingerprint density at radius 3 is 1.69 bits per heavy atom. The molecule has 1 aliphatic rings. The molecule has 3 rings (SSSR count). The van der Waals surface area contributed by atoms with Gasteiger partial charge in [0, 0.05) is 0 Å². The van der Waals surface area contributed by atoms with Gasteiger partial charge in [0.1, 0.15) is 39.1 Å². The first-order valence-corrected chi connectivity index (χ1v) is 9.33. The highest BCUT2D eigenvalue weighted by Gasteiger charge is 2.17. The van der Waals surface area contributed by atoms with Gasteiger partial charge in [0.15, 0.2) is 23.0 Å². The topological polar surface area (TPSA) is 92.7 Å². The average molecular weight is 404 g/mol. The van der Waals surface area contributed by atoms with Gasteiger partial charge in [-0.15, -0.1) is 0 Å². The van der Waals surface area contributed by atoms with Crippen molar-refractivity contribution in [2.45, 2.75) is 6.10 Å². The van der Waals surface area contributed by atoms with Crippen LogP contribution in [0, 0.1) is 0 Å². The maximum Gasteiger partial charge on any atom is 0.329 e. The fourth-order valence-electron chi connectivity index (χ4n) is 2.60. The monoisotopic (exact) mass is 404 g/mol. The summed E-state index contributed by atoms with van der Waals surface area (Å²) < 4.78 is 34.1. The first-order valence-electron chi connectivity index (χ1n) is 9.33. The number of carboxylic acid groups (broad SMARTS) is 1. The quantitative estimate of drug-likeness (QED) is 0.834. The number of benzene rings is 2. The molecule has 1 N–H and O–H groups in total. The van der Waals surface area contributed by atoms with E-state index in [-0.39, 0.29) is 13.2 Å². The predicted octanol–water partition coefficient (Wildman–Crippen LogP) is 2.40. The fourth-order valence-corrected chi connectivity index (χ4v) is 2.60. The second-order valence-electron chi connectivity index (χ2n) is 6.15. The van der Waals surface area contributed by atoms with Crippen LogP contribution < -0.4 is 18.9 Å². The van der Waals surface area contributed by atoms with Crippen LogP contribution in [0.15, 0.2) is 48.5 Å². The van der Waals surface area contributed by atoms with Gasteiger partial charge >= 0.3 is 5.97 Å². The number of hydrogen-bond acceptors (Lipinski definition) is 7. The molecule has 0 unspecified atom stereocenters. The zero-order chi connectivity index (χ0) is 20.3. The van der Waals surface area contributed by atoms with E-state index in [9.17, 15) is 4.79 Å². The van der Waals surface area contributed by atoms with Crippen molar-refractivity contribution in [2.75, 3.05) is 46.2 Å². The minimum absolute atomic E-state index is 0.0905. The lowest BCUT2D eigenvalue weighted by Crippen LogP contribution is -2.31. The lowest BCUT2D eigenvalue weighted by atomic mass is 10.3. The number of hydrogen-bond donors (Lipinski definition) is 1. The first kappa shape index (κ1) is 20.8. The van der Waals surface area contributed by atoms with Crippen LogP contribution >= 0.6 is 0 Å². The number of rotatable bonds is 3. The highest BCUT2D eigenvalue weighted by molar-refractivity contribution is 5.68. The van der Waals surface area contributed by atoms with E-state index < -0.39 is 18.7 Å². The smallest absolute Gasteiger partial charge is 0.329 e. The van der Waals surface area contributed by atoms with Gasteiger partial charge in [-0.1, -0.05) is 24.3 Å². The van der Waals surface area contributed by atoms with Crippen LogP contribution in [0.1, 0.15) is 0 Å². The molecule has 0 radical (unpaired) electrons. The fraction of sp³-hybridized carbons (Fsp3) is 0.381. The molecule has 0 aliphatic carbocycles. The number of para-hydroxylation sites is 4. The first-order chi connectivity index (χ1) is 14.2. The van der Waals surface area contributed by atoms with E-state index in [0.29, 0.717) is 49.4 Å². The molecule has 0 bridgehead atoms. The van der Waals surface area contributed by atoms with Crippen LogP contribution in [-0.4, -0.2) is 63.4 Å². The molecule has 0 spiro atoms. The van der Waals surface area contributed by atoms with Crippen LogP contribution in [0.25, 0.3) is 0 Å². The summed E-state index contributed by atoms with van der Waals surface area (Å²) in [7, 11) is 0. The van der Waals surface area contributed by atoms with E-state index in [0.717, 1.165) is 0 Å². The van der Waals surface area contributed by atoms with Crippen molar-refractivity contribution in [1.29, 1.82) is 0 Å². The Labute approximate surface area is 168 Å². The number of aliphatic carboxylic acids is 1. The summed E-state index contributed by atoms with van der Waals surface area (Å²) in [5.41, 5.74) is 0. The zero-order valence-electron chi connectivity index (χ0n) is 16.0. The molecule has 2 aromatic carbocycles. The number of carboxylic acids is 1. The third kappa shape index (κ3) is 6.85. The van der Waals surface area contributed by atoms with Gasteiger partial charge in [0.2, 0.25) is 0 Å². The van der Waals surface area contributed by atoms with Gasteiger partial charge in [-0.3, -0.25) is 0 Å². The maximum absolute atomic E-state index is 10.9. The highest BCUT2D eigenvalue weighted by Crippen LogP contribution is 2.28. The molecule has 1 aliphatic heterocycles. The van der Waals surface area contributed by atoms with Gasteiger partial charge in [0.25, 0.3) is 0 Å². The van der Waals surface area contributed by atoms with Gasteiger partial charge in [-0.05, 0) is 24.3 Å². The Kier molecular flexibility index (Phi) is 7.97. The molecule has 0 saturated carbocycles. The minimum Gasteiger partial charge on any atom is -0.487 e. The summed E-state index contributed by atoms with van der Waals surface area (Å²) in [6.45, 7) is 1.25. The van der Waals surface area contributed by atoms with Gasteiger partial charge in [-0.25, -0.2) is 4.79 Å². The van der Waals surface area contributed by atoms with Crippen LogP contribution in [0.3, 0.4) is 0 Å². The Balaban J connectivity index is 1.74. The second kappa shape index (κ2) is 11.1. The Morgan fingerprint density at radius 2 is 1.24 bits per heavy atom. The SMILES string of the molecule is O=C(O)COC1COc2ccccc2OCCOCCOc2ccccc2OC1. The normalized spacial score (nSPS) is 16.1. The molecular formula is C21H24O8. The Hall–Kier alpha value is -2.97. The Morgan fingerprint density at radius 1 is 0.793 bits per heavy atom. The van der Waals surface area contributed by atoms with E-state index in [1.54, 1.807) is 24.3 Å². The van der Waals surface area contributed by atoms with Crippen molar-refractivity contribution in [3.63, 3.8) is 0 Å². The average Bonchev–Trinajstić information content (AvgIpc) is 2.73. The van der Waals surface area contributed by atoms with Gasteiger partial charge in [-0.2, -0.15) is 0 Å². The summed E-state index contributed by atoms with van der Waals surface area (Å²) in [6.07, 6.45) is -0.608. The molecule has 29 heavy (non-hydrogen) atoms. The molecule has 0 fully saturated rings. The van der Waals surface area contributed by atoms with Gasteiger partial charge in [0.05, 0.1) is 13.2 Å². The van der Waals surface area contributed by atoms with Crippen molar-refractivity contribution in [3.05, 3.63) is 48.5 Å². The number of ether oxygens (including phenoxy) is 6. The van der Waals surface area contributed by atoms with E-state index >= 15 is 0 Å². The largest absolute Gasteiger partial charge is 0.487 e. The molecule has 8 heteroatoms. The third-order valence-corrected chi connectivity index (χ3v) is 3.96. The minimum atomic E-state index is -1.07. The molecule has 2 aromatic rings. The molecule has 0 aromatic heterocycles. The molecule has 8 nitrogen and oxygen atoms in total. The predicted molar refractivity (Wildman–Crippen MR) is 103 cm³/mol. The van der Waals surface area contributed by atoms with E-state index in [4.69, 9.17) is 33.5 Å². The van der Waals surface area contributed by atoms with Crippen LogP contribution in [0.4, 0.5) is 0 Å². The van der Waals surface area contributed by atoms with E-state index in [1.807, 2.05) is 24.3 Å². The third-order valence-electron chi connectivity index (χ3n) is 3.96. The summed E-state index contributed by atoms with van der Waals surface area (Å²) in [6, 6.07) is 14.5. The van der Waals surface area contributed by atoms with Crippen molar-refractivity contribution in [1.82, 2.24) is 0 Å². The lowest BCUT2D eigenvalue weighted by molar-refractivity contribution is -0.145. The van der Waals surface area contributed by atoms with Crippen LogP contribution in [0.5, 0.6) is 23.0 Å². The van der Waals surface area contributed by atoms with Crippen LogP contribution in [0.2, 0.25) is 0 Å². The number of fused-ring (bicyclic) bond motifs is 2. The molecule has 0 saturated heterocycles. The van der Waals surface area contributed by atoms with Gasteiger partial charge < -0.3 is 33.5 Å². The van der Waals surface area contributed by atoms with E-state index in [2.05, 4.69) is 0 Å². The van der Waals surface area contributed by atoms with E-state index in [1.165, 1.54) is 0 Å². The molecule has 156 valence electrons. The standard InChI is InChI=1S/C21H24O8/c22-21(23)15-27-16-13-28-19-7-3-1-5-17(19)25-11-9-24-10-12-26-18-6-2-4-8-20(18)29-14-16/h1-8,16H,9-15H2,(H,22,23). The van der Waals surface area contributed by atoms with Crippen LogP contribution in [-0.2, 0) is 14.3 Å². The second-order valence-corrected chi connectivity index (χ2v) is 6.15. The maximum atomic E-state index is 10.9. The Bertz CT molecular complexity index is 723. The summed E-state index contributed by atoms with van der Waals surface area (Å²) >= 11 is 0. The highest BCUT2D eigenvalue weighted by atomic mass is 16.6. The molecule has 0 atom stereocenters. The summed E-state index contributed by atoms with van der Waals surface area (Å²) in [5.74, 6) is 1.15. The van der Waals surface area contributed by atoms with Crippen molar-refractivity contribution in [2.24, 2.45) is 0 Å². The zero-order valence-corrected chi connectivity index (χ0v) is 16.0. The summed E-state index contributed by atoms with van der Waals surface area (Å²) in [4.78, 5) is 10.9. The van der Waals surface area contributed by atoms with Crippen molar-refractivity contribution in [3.8, 4) is 23.0 Å². The molecule has 1 heterocycles. The van der Waals surface area contributed by atoms with Crippen molar-refractivity contribution >= 4 is 5.97 Å². The number of carbonyl (C=O) groups is 1.